The second-order valence-electron chi connectivity index (χ2n) is 6.39. The molecule has 0 aliphatic carbocycles. The molecule has 2 aromatic rings. The van der Waals surface area contributed by atoms with Gasteiger partial charge in [-0.2, -0.15) is 5.26 Å². The van der Waals surface area contributed by atoms with Crippen LogP contribution in [0, 0.1) is 11.3 Å². The number of fused-ring (bicyclic) bond motifs is 1. The molecule has 1 unspecified atom stereocenters. The van der Waals surface area contributed by atoms with Crippen molar-refractivity contribution < 1.29 is 19.1 Å². The highest BCUT2D eigenvalue weighted by Gasteiger charge is 2.32. The molecule has 0 fully saturated rings. The highest BCUT2D eigenvalue weighted by molar-refractivity contribution is 6.01. The van der Waals surface area contributed by atoms with E-state index in [0.717, 1.165) is 22.9 Å². The molecule has 1 aliphatic rings. The maximum absolute atomic E-state index is 12.4. The molecule has 0 amide bonds. The fourth-order valence-corrected chi connectivity index (χ4v) is 3.29. The Labute approximate surface area is 169 Å². The summed E-state index contributed by atoms with van der Waals surface area (Å²) in [6.45, 7) is 0.534. The predicted molar refractivity (Wildman–Crippen MR) is 108 cm³/mol. The minimum atomic E-state index is -0.728. The van der Waals surface area contributed by atoms with Crippen molar-refractivity contribution >= 4 is 17.6 Å². The molecular formula is C23H20N2O4. The molecule has 3 rings (SSSR count). The first-order valence-electron chi connectivity index (χ1n) is 8.98. The van der Waals surface area contributed by atoms with Crippen molar-refractivity contribution in [3.8, 4) is 6.07 Å². The highest BCUT2D eigenvalue weighted by atomic mass is 16.5. The molecule has 0 radical (unpaired) electrons. The van der Waals surface area contributed by atoms with E-state index < -0.39 is 17.9 Å². The Morgan fingerprint density at radius 1 is 1.07 bits per heavy atom. The molecule has 1 heterocycles. The molecule has 0 aromatic heterocycles. The third kappa shape index (κ3) is 4.19. The lowest BCUT2D eigenvalue weighted by Crippen LogP contribution is -2.26. The zero-order valence-corrected chi connectivity index (χ0v) is 16.2. The van der Waals surface area contributed by atoms with E-state index in [0.29, 0.717) is 12.1 Å². The number of nitriles is 1. The Kier molecular flexibility index (Phi) is 6.10. The maximum atomic E-state index is 12.4. The van der Waals surface area contributed by atoms with Crippen LogP contribution in [0.15, 0.2) is 78.0 Å². The van der Waals surface area contributed by atoms with Gasteiger partial charge in [0.15, 0.2) is 0 Å². The summed E-state index contributed by atoms with van der Waals surface area (Å²) < 4.78 is 9.54. The van der Waals surface area contributed by atoms with E-state index in [1.54, 1.807) is 6.20 Å². The van der Waals surface area contributed by atoms with Gasteiger partial charge in [0.2, 0.25) is 0 Å². The van der Waals surface area contributed by atoms with Gasteiger partial charge in [-0.3, -0.25) is 0 Å². The van der Waals surface area contributed by atoms with E-state index in [-0.39, 0.29) is 5.57 Å². The van der Waals surface area contributed by atoms with Gasteiger partial charge in [0, 0.05) is 30.1 Å². The van der Waals surface area contributed by atoms with Crippen molar-refractivity contribution in [2.24, 2.45) is 0 Å². The Balaban J connectivity index is 2.15. The molecule has 1 aliphatic heterocycles. The minimum absolute atomic E-state index is 0.00142. The van der Waals surface area contributed by atoms with Crippen molar-refractivity contribution in [1.29, 1.82) is 5.26 Å². The van der Waals surface area contributed by atoms with Crippen LogP contribution in [0.25, 0.3) is 0 Å². The lowest BCUT2D eigenvalue weighted by molar-refractivity contribution is -0.138. The number of esters is 2. The monoisotopic (exact) mass is 388 g/mol. The van der Waals surface area contributed by atoms with Gasteiger partial charge in [0.1, 0.15) is 5.92 Å². The third-order valence-electron chi connectivity index (χ3n) is 4.67. The van der Waals surface area contributed by atoms with Gasteiger partial charge in [-0.15, -0.1) is 0 Å². The number of carbonyl (C=O) groups excluding carboxylic acids is 2. The Hall–Kier alpha value is -3.85. The van der Waals surface area contributed by atoms with Crippen LogP contribution in [0.4, 0.5) is 5.69 Å². The molecule has 0 bridgehead atoms. The number of benzene rings is 2. The van der Waals surface area contributed by atoms with Crippen molar-refractivity contribution in [1.82, 2.24) is 0 Å². The van der Waals surface area contributed by atoms with Crippen LogP contribution in [-0.2, 0) is 25.6 Å². The summed E-state index contributed by atoms with van der Waals surface area (Å²) in [5, 5.41) is 9.87. The van der Waals surface area contributed by atoms with Gasteiger partial charge in [-0.25, -0.2) is 9.59 Å². The number of ether oxygens (including phenoxy) is 2. The Morgan fingerprint density at radius 3 is 2.41 bits per heavy atom. The van der Waals surface area contributed by atoms with Crippen molar-refractivity contribution in [3.63, 3.8) is 0 Å². The summed E-state index contributed by atoms with van der Waals surface area (Å²) in [7, 11) is 2.45. The lowest BCUT2D eigenvalue weighted by Gasteiger charge is -2.32. The molecule has 0 N–H and O–H groups in total. The van der Waals surface area contributed by atoms with Gasteiger partial charge < -0.3 is 14.4 Å². The SMILES string of the molecule is COC(=O)/C=C(\C(=O)OC)C1=CN(Cc2ccccc2)c2ccccc2C1C#N. The highest BCUT2D eigenvalue weighted by Crippen LogP contribution is 2.41. The Morgan fingerprint density at radius 2 is 1.76 bits per heavy atom. The van der Waals surface area contributed by atoms with Crippen LogP contribution in [0.5, 0.6) is 0 Å². The predicted octanol–water partition coefficient (Wildman–Crippen LogP) is 3.47. The summed E-state index contributed by atoms with van der Waals surface area (Å²) in [5.41, 5.74) is 3.07. The number of nitrogens with zero attached hydrogens (tertiary/aromatic N) is 2. The molecule has 0 saturated heterocycles. The number of hydrogen-bond donors (Lipinski definition) is 0. The summed E-state index contributed by atoms with van der Waals surface area (Å²) in [5.74, 6) is -2.13. The molecule has 0 saturated carbocycles. The number of methoxy groups -OCH3 is 2. The molecule has 6 nitrogen and oxygen atoms in total. The van der Waals surface area contributed by atoms with Gasteiger partial charge in [-0.1, -0.05) is 48.5 Å². The zero-order chi connectivity index (χ0) is 20.8. The first kappa shape index (κ1) is 19.9. The van der Waals surface area contributed by atoms with Crippen LogP contribution < -0.4 is 4.90 Å². The normalized spacial score (nSPS) is 15.6. The lowest BCUT2D eigenvalue weighted by atomic mass is 9.84. The second kappa shape index (κ2) is 8.89. The van der Waals surface area contributed by atoms with E-state index in [1.807, 2.05) is 59.5 Å². The van der Waals surface area contributed by atoms with E-state index in [2.05, 4.69) is 10.8 Å². The second-order valence-corrected chi connectivity index (χ2v) is 6.39. The average molecular weight is 388 g/mol. The van der Waals surface area contributed by atoms with E-state index >= 15 is 0 Å². The Bertz CT molecular complexity index is 1020. The minimum Gasteiger partial charge on any atom is -0.466 e. The van der Waals surface area contributed by atoms with Crippen LogP contribution in [0.3, 0.4) is 0 Å². The fourth-order valence-electron chi connectivity index (χ4n) is 3.29. The number of carbonyl (C=O) groups is 2. The largest absolute Gasteiger partial charge is 0.466 e. The molecule has 0 spiro atoms. The van der Waals surface area contributed by atoms with Gasteiger partial charge in [-0.05, 0) is 17.2 Å². The van der Waals surface area contributed by atoms with E-state index in [9.17, 15) is 14.9 Å². The van der Waals surface area contributed by atoms with Gasteiger partial charge >= 0.3 is 11.9 Å². The van der Waals surface area contributed by atoms with Crippen molar-refractivity contribution in [3.05, 3.63) is 89.1 Å². The molecular weight excluding hydrogens is 368 g/mol. The van der Waals surface area contributed by atoms with Crippen LogP contribution >= 0.6 is 0 Å². The summed E-state index contributed by atoms with van der Waals surface area (Å²) in [6, 6.07) is 19.6. The summed E-state index contributed by atoms with van der Waals surface area (Å²) >= 11 is 0. The average Bonchev–Trinajstić information content (AvgIpc) is 2.77. The topological polar surface area (TPSA) is 79.6 Å². The van der Waals surface area contributed by atoms with E-state index in [1.165, 1.54) is 14.2 Å². The molecule has 6 heteroatoms. The first-order chi connectivity index (χ1) is 14.1. The smallest absolute Gasteiger partial charge is 0.338 e. The van der Waals surface area contributed by atoms with Crippen LogP contribution in [0.1, 0.15) is 17.0 Å². The molecule has 2 aromatic carbocycles. The maximum Gasteiger partial charge on any atom is 0.338 e. The number of rotatable bonds is 5. The number of anilines is 1. The van der Waals surface area contributed by atoms with Gasteiger partial charge in [0.25, 0.3) is 0 Å². The van der Waals surface area contributed by atoms with Crippen LogP contribution in [0.2, 0.25) is 0 Å². The van der Waals surface area contributed by atoms with E-state index in [4.69, 9.17) is 4.74 Å². The van der Waals surface area contributed by atoms with Crippen molar-refractivity contribution in [2.75, 3.05) is 19.1 Å². The number of hydrogen-bond acceptors (Lipinski definition) is 6. The quantitative estimate of drug-likeness (QED) is 0.576. The fraction of sp³-hybridized carbons (Fsp3) is 0.174. The third-order valence-corrected chi connectivity index (χ3v) is 4.67. The molecule has 29 heavy (non-hydrogen) atoms. The standard InChI is InChI=1S/C23H20N2O4/c1-28-22(26)12-18(23(27)29-2)20-15-25(14-16-8-4-3-5-9-16)21-11-7-6-10-17(21)19(20)13-24/h3-12,15,19H,14H2,1-2H3/b18-12-. The number of para-hydroxylation sites is 1. The summed E-state index contributed by atoms with van der Waals surface area (Å²) in [6.07, 6.45) is 2.80. The van der Waals surface area contributed by atoms with Gasteiger partial charge in [0.05, 0.1) is 25.9 Å². The zero-order valence-electron chi connectivity index (χ0n) is 16.2. The first-order valence-corrected chi connectivity index (χ1v) is 8.98. The molecule has 1 atom stereocenters. The van der Waals surface area contributed by atoms with Crippen molar-refractivity contribution in [2.45, 2.75) is 12.5 Å². The molecule has 146 valence electrons. The summed E-state index contributed by atoms with van der Waals surface area (Å²) in [4.78, 5) is 26.3. The van der Waals surface area contributed by atoms with Crippen LogP contribution in [-0.4, -0.2) is 26.2 Å².